The number of carbonyl (C=O) groups is 2. The monoisotopic (exact) mass is 371 g/mol. The lowest BCUT2D eigenvalue weighted by molar-refractivity contribution is -0.132. The van der Waals surface area contributed by atoms with Crippen LogP contribution in [0.3, 0.4) is 0 Å². The standard InChI is InChI=1S/C21H29N3O3/c25-20(7-6-18-4-2-1-3-5-18)24-11-8-19(9-12-24)21(26)22-10-13-23-14-16-27-17-15-23/h1-7,19H,8-17H2,(H,22,26)/b7-6+. The molecule has 0 aromatic heterocycles. The van der Waals surface area contributed by atoms with Gasteiger partial charge in [-0.3, -0.25) is 14.5 Å². The molecule has 6 nitrogen and oxygen atoms in total. The second-order valence-electron chi connectivity index (χ2n) is 7.09. The third-order valence-electron chi connectivity index (χ3n) is 5.23. The molecule has 0 spiro atoms. The molecule has 0 bridgehead atoms. The first-order chi connectivity index (χ1) is 13.2. The van der Waals surface area contributed by atoms with E-state index >= 15 is 0 Å². The van der Waals surface area contributed by atoms with Gasteiger partial charge in [0.15, 0.2) is 0 Å². The van der Waals surface area contributed by atoms with Gasteiger partial charge in [-0.25, -0.2) is 0 Å². The number of morpholine rings is 1. The van der Waals surface area contributed by atoms with Crippen LogP contribution in [0.15, 0.2) is 36.4 Å². The number of piperidine rings is 1. The van der Waals surface area contributed by atoms with Crippen molar-refractivity contribution in [2.24, 2.45) is 5.92 Å². The highest BCUT2D eigenvalue weighted by Crippen LogP contribution is 2.18. The average molecular weight is 371 g/mol. The molecule has 0 saturated carbocycles. The highest BCUT2D eigenvalue weighted by Gasteiger charge is 2.26. The minimum Gasteiger partial charge on any atom is -0.379 e. The Morgan fingerprint density at radius 1 is 1.07 bits per heavy atom. The van der Waals surface area contributed by atoms with Gasteiger partial charge < -0.3 is 15.0 Å². The van der Waals surface area contributed by atoms with E-state index < -0.39 is 0 Å². The first-order valence-electron chi connectivity index (χ1n) is 9.82. The Hall–Kier alpha value is -2.18. The van der Waals surface area contributed by atoms with Crippen LogP contribution >= 0.6 is 0 Å². The van der Waals surface area contributed by atoms with Crippen molar-refractivity contribution in [1.29, 1.82) is 0 Å². The fourth-order valence-corrected chi connectivity index (χ4v) is 3.51. The van der Waals surface area contributed by atoms with Crippen LogP contribution in [0.1, 0.15) is 18.4 Å². The number of likely N-dealkylation sites (tertiary alicyclic amines) is 1. The molecule has 27 heavy (non-hydrogen) atoms. The van der Waals surface area contributed by atoms with Crippen molar-refractivity contribution >= 4 is 17.9 Å². The van der Waals surface area contributed by atoms with E-state index in [9.17, 15) is 9.59 Å². The first kappa shape index (κ1) is 19.6. The smallest absolute Gasteiger partial charge is 0.246 e. The van der Waals surface area contributed by atoms with Crippen LogP contribution in [-0.2, 0) is 14.3 Å². The fourth-order valence-electron chi connectivity index (χ4n) is 3.51. The molecule has 2 saturated heterocycles. The molecule has 1 aromatic rings. The molecule has 3 rings (SSSR count). The molecule has 2 fully saturated rings. The van der Waals surface area contributed by atoms with Crippen LogP contribution in [0.4, 0.5) is 0 Å². The van der Waals surface area contributed by atoms with Crippen molar-refractivity contribution in [2.75, 3.05) is 52.5 Å². The Morgan fingerprint density at radius 3 is 2.48 bits per heavy atom. The Labute approximate surface area is 161 Å². The number of carbonyl (C=O) groups excluding carboxylic acids is 2. The van der Waals surface area contributed by atoms with Crippen LogP contribution < -0.4 is 5.32 Å². The van der Waals surface area contributed by atoms with Crippen LogP contribution in [0, 0.1) is 5.92 Å². The highest BCUT2D eigenvalue weighted by molar-refractivity contribution is 5.92. The third-order valence-corrected chi connectivity index (χ3v) is 5.23. The lowest BCUT2D eigenvalue weighted by atomic mass is 9.96. The van der Waals surface area contributed by atoms with Crippen molar-refractivity contribution < 1.29 is 14.3 Å². The Bertz CT molecular complexity index is 633. The molecule has 0 radical (unpaired) electrons. The van der Waals surface area contributed by atoms with E-state index in [1.807, 2.05) is 41.3 Å². The zero-order valence-electron chi connectivity index (χ0n) is 15.8. The second kappa shape index (κ2) is 10.2. The van der Waals surface area contributed by atoms with E-state index in [1.165, 1.54) is 0 Å². The summed E-state index contributed by atoms with van der Waals surface area (Å²) in [7, 11) is 0. The van der Waals surface area contributed by atoms with Crippen molar-refractivity contribution in [3.8, 4) is 0 Å². The van der Waals surface area contributed by atoms with Gasteiger partial charge in [0.25, 0.3) is 0 Å². The van der Waals surface area contributed by atoms with Gasteiger partial charge in [-0.1, -0.05) is 30.3 Å². The van der Waals surface area contributed by atoms with Gasteiger partial charge >= 0.3 is 0 Å². The molecule has 6 heteroatoms. The Morgan fingerprint density at radius 2 is 1.78 bits per heavy atom. The normalized spacial score (nSPS) is 19.3. The quantitative estimate of drug-likeness (QED) is 0.768. The molecule has 2 amide bonds. The number of benzene rings is 1. The Kier molecular flexibility index (Phi) is 7.42. The number of hydrogen-bond acceptors (Lipinski definition) is 4. The number of nitrogens with zero attached hydrogens (tertiary/aromatic N) is 2. The molecule has 0 aliphatic carbocycles. The number of ether oxygens (including phenoxy) is 1. The van der Waals surface area contributed by atoms with E-state index in [4.69, 9.17) is 4.74 Å². The van der Waals surface area contributed by atoms with Gasteiger partial charge in [0.1, 0.15) is 0 Å². The predicted molar refractivity (Wildman–Crippen MR) is 105 cm³/mol. The molecular weight excluding hydrogens is 342 g/mol. The molecule has 0 unspecified atom stereocenters. The van der Waals surface area contributed by atoms with E-state index in [0.29, 0.717) is 19.6 Å². The fraction of sp³-hybridized carbons (Fsp3) is 0.524. The molecular formula is C21H29N3O3. The van der Waals surface area contributed by atoms with Gasteiger partial charge in [-0.2, -0.15) is 0 Å². The summed E-state index contributed by atoms with van der Waals surface area (Å²) in [5, 5.41) is 3.05. The van der Waals surface area contributed by atoms with Gasteiger partial charge in [-0.05, 0) is 24.5 Å². The first-order valence-corrected chi connectivity index (χ1v) is 9.82. The summed E-state index contributed by atoms with van der Waals surface area (Å²) in [4.78, 5) is 28.8. The molecule has 1 aromatic carbocycles. The predicted octanol–water partition coefficient (Wildman–Crippen LogP) is 1.39. The van der Waals surface area contributed by atoms with Gasteiger partial charge in [0.2, 0.25) is 11.8 Å². The van der Waals surface area contributed by atoms with Crippen LogP contribution in [0.5, 0.6) is 0 Å². The maximum Gasteiger partial charge on any atom is 0.246 e. The molecule has 2 aliphatic heterocycles. The summed E-state index contributed by atoms with van der Waals surface area (Å²) in [5.74, 6) is 0.150. The van der Waals surface area contributed by atoms with Gasteiger partial charge in [0, 0.05) is 51.3 Å². The zero-order valence-corrected chi connectivity index (χ0v) is 15.8. The summed E-state index contributed by atoms with van der Waals surface area (Å²) < 4.78 is 5.33. The van der Waals surface area contributed by atoms with E-state index in [0.717, 1.165) is 51.3 Å². The van der Waals surface area contributed by atoms with Crippen LogP contribution in [0.25, 0.3) is 6.08 Å². The van der Waals surface area contributed by atoms with Crippen LogP contribution in [-0.4, -0.2) is 74.1 Å². The van der Waals surface area contributed by atoms with Crippen molar-refractivity contribution in [3.05, 3.63) is 42.0 Å². The molecule has 1 N–H and O–H groups in total. The topological polar surface area (TPSA) is 61.9 Å². The SMILES string of the molecule is O=C(NCCN1CCOCC1)C1CCN(C(=O)/C=C/c2ccccc2)CC1. The average Bonchev–Trinajstić information content (AvgIpc) is 2.73. The molecule has 146 valence electrons. The van der Waals surface area contributed by atoms with E-state index in [-0.39, 0.29) is 17.7 Å². The summed E-state index contributed by atoms with van der Waals surface area (Å²) in [6.07, 6.45) is 4.92. The molecule has 0 atom stereocenters. The largest absolute Gasteiger partial charge is 0.379 e. The van der Waals surface area contributed by atoms with Crippen molar-refractivity contribution in [2.45, 2.75) is 12.8 Å². The number of hydrogen-bond donors (Lipinski definition) is 1. The lowest BCUT2D eigenvalue weighted by Crippen LogP contribution is -2.45. The number of amides is 2. The summed E-state index contributed by atoms with van der Waals surface area (Å²) in [6, 6.07) is 9.80. The van der Waals surface area contributed by atoms with Crippen molar-refractivity contribution in [1.82, 2.24) is 15.1 Å². The van der Waals surface area contributed by atoms with E-state index in [2.05, 4.69) is 10.2 Å². The highest BCUT2D eigenvalue weighted by atomic mass is 16.5. The lowest BCUT2D eigenvalue weighted by Gasteiger charge is -2.31. The van der Waals surface area contributed by atoms with Gasteiger partial charge in [0.05, 0.1) is 13.2 Å². The summed E-state index contributed by atoms with van der Waals surface area (Å²) >= 11 is 0. The summed E-state index contributed by atoms with van der Waals surface area (Å²) in [5.41, 5.74) is 1.01. The minimum absolute atomic E-state index is 0.0110. The number of nitrogens with one attached hydrogen (secondary N) is 1. The van der Waals surface area contributed by atoms with Gasteiger partial charge in [-0.15, -0.1) is 0 Å². The molecule has 2 aliphatic rings. The minimum atomic E-state index is 0.0110. The Balaban J connectivity index is 1.35. The summed E-state index contributed by atoms with van der Waals surface area (Å²) in [6.45, 7) is 6.26. The number of rotatable bonds is 6. The molecule has 2 heterocycles. The zero-order chi connectivity index (χ0) is 18.9. The maximum absolute atomic E-state index is 12.4. The second-order valence-corrected chi connectivity index (χ2v) is 7.09. The third kappa shape index (κ3) is 6.19. The maximum atomic E-state index is 12.4. The van der Waals surface area contributed by atoms with Crippen LogP contribution in [0.2, 0.25) is 0 Å². The van der Waals surface area contributed by atoms with E-state index in [1.54, 1.807) is 6.08 Å². The van der Waals surface area contributed by atoms with Crippen molar-refractivity contribution in [3.63, 3.8) is 0 Å².